The minimum Gasteiger partial charge on any atom is -0.508 e. The van der Waals surface area contributed by atoms with Crippen molar-refractivity contribution in [3.63, 3.8) is 0 Å². The number of hydrogen-bond acceptors (Lipinski definition) is 4. The number of benzene rings is 4. The highest BCUT2D eigenvalue weighted by atomic mass is 28.4. The zero-order chi connectivity index (χ0) is 28.3. The van der Waals surface area contributed by atoms with Crippen molar-refractivity contribution in [2.45, 2.75) is 64.3 Å². The summed E-state index contributed by atoms with van der Waals surface area (Å²) >= 11 is 0. The molecule has 0 heterocycles. The van der Waals surface area contributed by atoms with Crippen molar-refractivity contribution in [1.82, 2.24) is 0 Å². The van der Waals surface area contributed by atoms with Crippen LogP contribution in [0, 0.1) is 0 Å². The number of rotatable bonds is 11. The summed E-state index contributed by atoms with van der Waals surface area (Å²) in [5.41, 5.74) is 6.77. The number of phenols is 1. The van der Waals surface area contributed by atoms with E-state index in [9.17, 15) is 5.11 Å². The Labute approximate surface area is 239 Å². The molecular formula is C35H40O4Si. The Morgan fingerprint density at radius 2 is 1.15 bits per heavy atom. The normalized spacial score (nSPS) is 13.9. The molecule has 1 aliphatic rings. The van der Waals surface area contributed by atoms with Gasteiger partial charge in [-0.05, 0) is 104 Å². The molecule has 1 N–H and O–H groups in total. The van der Waals surface area contributed by atoms with Crippen LogP contribution < -0.4 is 4.74 Å². The van der Waals surface area contributed by atoms with Crippen molar-refractivity contribution in [2.75, 3.05) is 6.61 Å². The summed E-state index contributed by atoms with van der Waals surface area (Å²) in [7, 11) is -2.26. The first-order valence-corrected chi connectivity index (χ1v) is 16.8. The Morgan fingerprint density at radius 3 is 1.65 bits per heavy atom. The lowest BCUT2D eigenvalue weighted by molar-refractivity contribution is 0.108. The number of ether oxygens (including phenoxy) is 1. The highest BCUT2D eigenvalue weighted by Gasteiger charge is 2.45. The molecule has 5 heteroatoms. The predicted molar refractivity (Wildman–Crippen MR) is 164 cm³/mol. The van der Waals surface area contributed by atoms with E-state index in [2.05, 4.69) is 107 Å². The van der Waals surface area contributed by atoms with Gasteiger partial charge >= 0.3 is 8.56 Å². The maximum Gasteiger partial charge on any atom is 0.335 e. The average molecular weight is 553 g/mol. The van der Waals surface area contributed by atoms with E-state index in [-0.39, 0.29) is 18.0 Å². The van der Waals surface area contributed by atoms with Crippen LogP contribution in [-0.4, -0.2) is 32.5 Å². The van der Waals surface area contributed by atoms with Crippen molar-refractivity contribution >= 4 is 8.56 Å². The van der Waals surface area contributed by atoms with Gasteiger partial charge in [-0.1, -0.05) is 72.8 Å². The predicted octanol–water partition coefficient (Wildman–Crippen LogP) is 8.45. The monoisotopic (exact) mass is 552 g/mol. The van der Waals surface area contributed by atoms with Gasteiger partial charge in [0.15, 0.2) is 0 Å². The fourth-order valence-corrected chi connectivity index (χ4v) is 9.33. The van der Waals surface area contributed by atoms with Crippen molar-refractivity contribution in [1.29, 1.82) is 0 Å². The minimum atomic E-state index is -2.26. The molecule has 0 spiro atoms. The second kappa shape index (κ2) is 11.6. The summed E-state index contributed by atoms with van der Waals surface area (Å²) in [4.78, 5) is 0. The standard InChI is InChI=1S/C35H40O4Si/c1-25(2)38-40(5,39-26(3)4)24-10-23-37-30-21-17-28(18-22-30)35(27-15-19-29(36)20-16-27)33-13-8-6-11-31(33)32-12-7-9-14-34(32)35/h6-9,11-22,25-26,36H,10,23-24H2,1-5H3. The maximum atomic E-state index is 10.1. The molecule has 0 aliphatic heterocycles. The lowest BCUT2D eigenvalue weighted by Crippen LogP contribution is -2.43. The third-order valence-electron chi connectivity index (χ3n) is 7.55. The van der Waals surface area contributed by atoms with Gasteiger partial charge in [0, 0.05) is 12.2 Å². The van der Waals surface area contributed by atoms with Gasteiger partial charge in [0.2, 0.25) is 0 Å². The summed E-state index contributed by atoms with van der Waals surface area (Å²) < 4.78 is 18.7. The Bertz CT molecular complexity index is 1370. The Hall–Kier alpha value is -3.38. The molecule has 40 heavy (non-hydrogen) atoms. The van der Waals surface area contributed by atoms with E-state index < -0.39 is 14.0 Å². The van der Waals surface area contributed by atoms with Crippen LogP contribution in [0.1, 0.15) is 56.4 Å². The van der Waals surface area contributed by atoms with Crippen molar-refractivity contribution in [3.05, 3.63) is 119 Å². The van der Waals surface area contributed by atoms with Crippen LogP contribution >= 0.6 is 0 Å². The number of phenolic OH excluding ortho intramolecular Hbond substituents is 1. The zero-order valence-corrected chi connectivity index (χ0v) is 25.2. The third-order valence-corrected chi connectivity index (χ3v) is 10.8. The molecule has 5 rings (SSSR count). The summed E-state index contributed by atoms with van der Waals surface area (Å²) in [6.45, 7) is 11.0. The molecule has 4 aromatic carbocycles. The minimum absolute atomic E-state index is 0.149. The molecule has 0 bridgehead atoms. The molecule has 0 unspecified atom stereocenters. The molecule has 0 saturated carbocycles. The molecule has 208 valence electrons. The molecule has 0 atom stereocenters. The molecule has 4 aromatic rings. The Balaban J connectivity index is 1.42. The van der Waals surface area contributed by atoms with E-state index in [0.29, 0.717) is 6.61 Å². The van der Waals surface area contributed by atoms with Gasteiger partial charge in [0.1, 0.15) is 11.5 Å². The summed E-state index contributed by atoms with van der Waals surface area (Å²) in [6, 6.07) is 34.3. The van der Waals surface area contributed by atoms with Gasteiger partial charge in [-0.2, -0.15) is 0 Å². The van der Waals surface area contributed by atoms with E-state index in [1.165, 1.54) is 27.8 Å². The highest BCUT2D eigenvalue weighted by molar-refractivity contribution is 6.66. The SMILES string of the molecule is CC(C)O[Si](C)(CCCOc1ccc(C2(c3ccc(O)cc3)c3ccccc3-c3ccccc32)cc1)OC(C)C. The van der Waals surface area contributed by atoms with E-state index >= 15 is 0 Å². The van der Waals surface area contributed by atoms with Crippen molar-refractivity contribution in [2.24, 2.45) is 0 Å². The molecule has 0 saturated heterocycles. The molecule has 0 aromatic heterocycles. The van der Waals surface area contributed by atoms with Crippen LogP contribution in [0.5, 0.6) is 11.5 Å². The summed E-state index contributed by atoms with van der Waals surface area (Å²) in [5, 5.41) is 10.1. The van der Waals surface area contributed by atoms with E-state index in [4.69, 9.17) is 13.6 Å². The topological polar surface area (TPSA) is 47.9 Å². The first kappa shape index (κ1) is 28.2. The largest absolute Gasteiger partial charge is 0.508 e. The van der Waals surface area contributed by atoms with Crippen LogP contribution in [0.15, 0.2) is 97.1 Å². The highest BCUT2D eigenvalue weighted by Crippen LogP contribution is 2.56. The molecule has 0 amide bonds. The molecule has 4 nitrogen and oxygen atoms in total. The first-order chi connectivity index (χ1) is 19.2. The van der Waals surface area contributed by atoms with Crippen LogP contribution in [-0.2, 0) is 14.3 Å². The van der Waals surface area contributed by atoms with Gasteiger partial charge in [-0.25, -0.2) is 0 Å². The lowest BCUT2D eigenvalue weighted by atomic mass is 9.68. The number of hydrogen-bond donors (Lipinski definition) is 1. The number of fused-ring (bicyclic) bond motifs is 3. The van der Waals surface area contributed by atoms with Crippen LogP contribution in [0.4, 0.5) is 0 Å². The lowest BCUT2D eigenvalue weighted by Gasteiger charge is -2.34. The second-order valence-electron chi connectivity index (χ2n) is 11.3. The summed E-state index contributed by atoms with van der Waals surface area (Å²) in [6.07, 6.45) is 1.17. The molecular weight excluding hydrogens is 512 g/mol. The Morgan fingerprint density at radius 1 is 0.675 bits per heavy atom. The third kappa shape index (κ3) is 5.46. The van der Waals surface area contributed by atoms with E-state index in [1.54, 1.807) is 12.1 Å². The first-order valence-electron chi connectivity index (χ1n) is 14.3. The number of aromatic hydroxyl groups is 1. The molecule has 0 fully saturated rings. The van der Waals surface area contributed by atoms with Gasteiger partial charge in [0.05, 0.1) is 12.0 Å². The average Bonchev–Trinajstić information content (AvgIpc) is 3.22. The van der Waals surface area contributed by atoms with Gasteiger partial charge in [-0.15, -0.1) is 0 Å². The zero-order valence-electron chi connectivity index (χ0n) is 24.2. The molecule has 1 aliphatic carbocycles. The maximum absolute atomic E-state index is 10.1. The van der Waals surface area contributed by atoms with Crippen molar-refractivity contribution in [3.8, 4) is 22.6 Å². The van der Waals surface area contributed by atoms with Crippen molar-refractivity contribution < 1.29 is 18.7 Å². The Kier molecular flexibility index (Phi) is 8.18. The van der Waals surface area contributed by atoms with Crippen LogP contribution in [0.3, 0.4) is 0 Å². The van der Waals surface area contributed by atoms with Crippen LogP contribution in [0.25, 0.3) is 11.1 Å². The van der Waals surface area contributed by atoms with E-state index in [0.717, 1.165) is 23.8 Å². The quantitative estimate of drug-likeness (QED) is 0.132. The smallest absolute Gasteiger partial charge is 0.335 e. The van der Waals surface area contributed by atoms with Gasteiger partial charge in [-0.3, -0.25) is 0 Å². The molecule has 0 radical (unpaired) electrons. The second-order valence-corrected chi connectivity index (χ2v) is 14.6. The van der Waals surface area contributed by atoms with Gasteiger partial charge in [0.25, 0.3) is 0 Å². The fourth-order valence-electron chi connectivity index (χ4n) is 6.26. The van der Waals surface area contributed by atoms with Gasteiger partial charge < -0.3 is 18.7 Å². The summed E-state index contributed by atoms with van der Waals surface area (Å²) in [5.74, 6) is 1.11. The van der Waals surface area contributed by atoms with Crippen LogP contribution in [0.2, 0.25) is 12.6 Å². The van der Waals surface area contributed by atoms with E-state index in [1.807, 2.05) is 12.1 Å². The fraction of sp³-hybridized carbons (Fsp3) is 0.314.